The van der Waals surface area contributed by atoms with Crippen molar-refractivity contribution in [2.75, 3.05) is 5.32 Å². The number of rotatable bonds is 4. The van der Waals surface area contributed by atoms with Gasteiger partial charge < -0.3 is 5.32 Å². The Kier molecular flexibility index (Phi) is 5.71. The summed E-state index contributed by atoms with van der Waals surface area (Å²) >= 11 is 0. The molecule has 0 fully saturated rings. The number of para-hydroxylation sites is 2. The van der Waals surface area contributed by atoms with Crippen LogP contribution in [0.3, 0.4) is 0 Å². The van der Waals surface area contributed by atoms with Gasteiger partial charge in [-0.2, -0.15) is 0 Å². The van der Waals surface area contributed by atoms with Crippen LogP contribution in [0.1, 0.15) is 31.9 Å². The van der Waals surface area contributed by atoms with Crippen LogP contribution >= 0.6 is 0 Å². The number of fused-ring (bicyclic) bond motifs is 1. The Morgan fingerprint density at radius 1 is 0.471 bits per heavy atom. The first-order chi connectivity index (χ1) is 16.4. The van der Waals surface area contributed by atoms with E-state index in [1.807, 2.05) is 0 Å². The van der Waals surface area contributed by atoms with E-state index in [0.29, 0.717) is 0 Å². The van der Waals surface area contributed by atoms with E-state index in [1.54, 1.807) is 0 Å². The molecule has 5 aromatic carbocycles. The Hall–Kier alpha value is -3.84. The van der Waals surface area contributed by atoms with E-state index in [4.69, 9.17) is 0 Å². The summed E-state index contributed by atoms with van der Waals surface area (Å²) in [5.41, 5.74) is 9.95. The lowest BCUT2D eigenvalue weighted by Gasteiger charge is -2.24. The molecule has 0 atom stereocenters. The third kappa shape index (κ3) is 4.10. The molecule has 34 heavy (non-hydrogen) atoms. The lowest BCUT2D eigenvalue weighted by Crippen LogP contribution is -2.13. The number of benzene rings is 5. The first kappa shape index (κ1) is 22.0. The van der Waals surface area contributed by atoms with Crippen molar-refractivity contribution in [2.45, 2.75) is 33.1 Å². The highest BCUT2D eigenvalue weighted by Crippen LogP contribution is 2.40. The summed E-state index contributed by atoms with van der Waals surface area (Å²) in [7, 11) is 0. The monoisotopic (exact) mass is 441 g/mol. The zero-order valence-corrected chi connectivity index (χ0v) is 20.4. The minimum atomic E-state index is 0.0560. The molecule has 5 rings (SSSR count). The Balaban J connectivity index is 1.67. The molecule has 0 aromatic heterocycles. The molecule has 0 aliphatic rings. The van der Waals surface area contributed by atoms with Crippen LogP contribution < -0.4 is 5.32 Å². The van der Waals surface area contributed by atoms with Gasteiger partial charge in [0.1, 0.15) is 0 Å². The minimum absolute atomic E-state index is 0.0560. The maximum atomic E-state index is 3.77. The number of aryl methyl sites for hydroxylation is 1. The van der Waals surface area contributed by atoms with E-state index in [2.05, 4.69) is 142 Å². The van der Waals surface area contributed by atoms with Crippen LogP contribution in [0.2, 0.25) is 0 Å². The van der Waals surface area contributed by atoms with E-state index >= 15 is 0 Å². The van der Waals surface area contributed by atoms with Gasteiger partial charge in [0.05, 0.1) is 0 Å². The molecule has 5 aromatic rings. The van der Waals surface area contributed by atoms with Crippen LogP contribution in [0.25, 0.3) is 33.0 Å². The molecule has 0 heterocycles. The number of nitrogens with one attached hydrogen (secondary N) is 1. The number of anilines is 2. The van der Waals surface area contributed by atoms with Crippen LogP contribution in [0.4, 0.5) is 11.4 Å². The van der Waals surface area contributed by atoms with Crippen LogP contribution in [0.5, 0.6) is 0 Å². The van der Waals surface area contributed by atoms with Crippen molar-refractivity contribution in [3.05, 3.63) is 120 Å². The Bertz CT molecular complexity index is 1470. The minimum Gasteiger partial charge on any atom is -0.355 e. The molecule has 0 saturated carbocycles. The van der Waals surface area contributed by atoms with Crippen molar-refractivity contribution in [1.82, 2.24) is 0 Å². The molecule has 1 nitrogen and oxygen atoms in total. The molecule has 0 aliphatic heterocycles. The quantitative estimate of drug-likeness (QED) is 0.293. The summed E-state index contributed by atoms with van der Waals surface area (Å²) in [5, 5.41) is 6.31. The third-order valence-electron chi connectivity index (χ3n) is 6.58. The summed E-state index contributed by atoms with van der Waals surface area (Å²) in [6.07, 6.45) is 0. The smallest absolute Gasteiger partial charge is 0.0464 e. The molecule has 0 amide bonds. The van der Waals surface area contributed by atoms with Crippen LogP contribution in [-0.4, -0.2) is 0 Å². The van der Waals surface area contributed by atoms with Crippen molar-refractivity contribution in [2.24, 2.45) is 0 Å². The van der Waals surface area contributed by atoms with E-state index < -0.39 is 0 Å². The first-order valence-corrected chi connectivity index (χ1v) is 12.0. The Labute approximate surface area is 203 Å². The van der Waals surface area contributed by atoms with E-state index in [-0.39, 0.29) is 5.41 Å². The molecule has 0 aliphatic carbocycles. The molecule has 1 N–H and O–H groups in total. The highest BCUT2D eigenvalue weighted by atomic mass is 14.9. The second-order valence-corrected chi connectivity index (χ2v) is 9.99. The van der Waals surface area contributed by atoms with Crippen molar-refractivity contribution in [1.29, 1.82) is 0 Å². The van der Waals surface area contributed by atoms with E-state index in [0.717, 1.165) is 11.4 Å². The van der Waals surface area contributed by atoms with Gasteiger partial charge in [-0.05, 0) is 63.1 Å². The summed E-state index contributed by atoms with van der Waals surface area (Å²) in [4.78, 5) is 0. The second-order valence-electron chi connectivity index (χ2n) is 9.99. The fourth-order valence-corrected chi connectivity index (χ4v) is 4.86. The van der Waals surface area contributed by atoms with Gasteiger partial charge >= 0.3 is 0 Å². The number of hydrogen-bond donors (Lipinski definition) is 1. The SMILES string of the molecule is Cc1ccccc1-c1ccc(-c2ccccc2Nc2ccccc2C(C)(C)C)c2ccccc12. The van der Waals surface area contributed by atoms with Crippen LogP contribution in [-0.2, 0) is 5.41 Å². The fourth-order valence-electron chi connectivity index (χ4n) is 4.86. The second kappa shape index (κ2) is 8.83. The highest BCUT2D eigenvalue weighted by molar-refractivity contribution is 6.07. The van der Waals surface area contributed by atoms with Gasteiger partial charge in [-0.15, -0.1) is 0 Å². The van der Waals surface area contributed by atoms with E-state index in [9.17, 15) is 0 Å². The Morgan fingerprint density at radius 3 is 1.62 bits per heavy atom. The number of hydrogen-bond acceptors (Lipinski definition) is 1. The normalized spacial score (nSPS) is 11.5. The van der Waals surface area contributed by atoms with Gasteiger partial charge in [0.2, 0.25) is 0 Å². The van der Waals surface area contributed by atoms with Crippen molar-refractivity contribution in [3.63, 3.8) is 0 Å². The van der Waals surface area contributed by atoms with Gasteiger partial charge in [-0.3, -0.25) is 0 Å². The molecule has 0 spiro atoms. The summed E-state index contributed by atoms with van der Waals surface area (Å²) < 4.78 is 0. The van der Waals surface area contributed by atoms with Crippen LogP contribution in [0, 0.1) is 6.92 Å². The summed E-state index contributed by atoms with van der Waals surface area (Å²) in [6.45, 7) is 8.97. The lowest BCUT2D eigenvalue weighted by molar-refractivity contribution is 0.592. The molecular weight excluding hydrogens is 410 g/mol. The largest absolute Gasteiger partial charge is 0.355 e. The molecular formula is C33H31N. The fraction of sp³-hybridized carbons (Fsp3) is 0.152. The molecule has 0 radical (unpaired) electrons. The highest BCUT2D eigenvalue weighted by Gasteiger charge is 2.19. The maximum Gasteiger partial charge on any atom is 0.0464 e. The van der Waals surface area contributed by atoms with Gasteiger partial charge in [0.15, 0.2) is 0 Å². The topological polar surface area (TPSA) is 12.0 Å². The molecule has 0 bridgehead atoms. The Morgan fingerprint density at radius 2 is 0.971 bits per heavy atom. The lowest BCUT2D eigenvalue weighted by atomic mass is 9.85. The first-order valence-electron chi connectivity index (χ1n) is 12.0. The molecule has 1 heteroatoms. The van der Waals surface area contributed by atoms with Gasteiger partial charge in [0, 0.05) is 16.9 Å². The summed E-state index contributed by atoms with van der Waals surface area (Å²) in [5.74, 6) is 0. The van der Waals surface area contributed by atoms with Crippen molar-refractivity contribution in [3.8, 4) is 22.3 Å². The predicted molar refractivity (Wildman–Crippen MR) is 148 cm³/mol. The molecule has 0 saturated heterocycles. The predicted octanol–water partition coefficient (Wildman–Crippen LogP) is 9.52. The maximum absolute atomic E-state index is 3.77. The standard InChI is InChI=1S/C33H31N/c1-23-13-5-6-14-24(23)27-21-22-28(26-16-8-7-15-25(26)27)29-17-9-11-19-31(29)34-32-20-12-10-18-30(32)33(2,3)4/h5-22,34H,1-4H3. The van der Waals surface area contributed by atoms with Gasteiger partial charge in [-0.25, -0.2) is 0 Å². The average molecular weight is 442 g/mol. The van der Waals surface area contributed by atoms with Crippen LogP contribution in [0.15, 0.2) is 109 Å². The average Bonchev–Trinajstić information content (AvgIpc) is 2.84. The van der Waals surface area contributed by atoms with E-state index in [1.165, 1.54) is 44.2 Å². The molecule has 0 unspecified atom stereocenters. The van der Waals surface area contributed by atoms with Crippen molar-refractivity contribution < 1.29 is 0 Å². The van der Waals surface area contributed by atoms with Gasteiger partial charge in [0.25, 0.3) is 0 Å². The molecule has 168 valence electrons. The third-order valence-corrected chi connectivity index (χ3v) is 6.58. The van der Waals surface area contributed by atoms with Crippen molar-refractivity contribution >= 4 is 22.1 Å². The zero-order chi connectivity index (χ0) is 23.7. The van der Waals surface area contributed by atoms with Gasteiger partial charge in [-0.1, -0.05) is 118 Å². The summed E-state index contributed by atoms with van der Waals surface area (Å²) in [6, 6.07) is 39.2. The zero-order valence-electron chi connectivity index (χ0n) is 20.4.